The highest BCUT2D eigenvalue weighted by Gasteiger charge is 2.30. The number of esters is 1. The van der Waals surface area contributed by atoms with Gasteiger partial charge in [0.05, 0.1) is 24.2 Å². The number of hydrogen-bond acceptors (Lipinski definition) is 5. The molecule has 0 radical (unpaired) electrons. The van der Waals surface area contributed by atoms with Gasteiger partial charge in [-0.3, -0.25) is 9.10 Å². The van der Waals surface area contributed by atoms with E-state index in [1.54, 1.807) is 50.2 Å². The van der Waals surface area contributed by atoms with Crippen molar-refractivity contribution in [1.29, 1.82) is 0 Å². The molecule has 0 saturated heterocycles. The van der Waals surface area contributed by atoms with E-state index in [9.17, 15) is 18.3 Å². The molecule has 33 heavy (non-hydrogen) atoms. The molecule has 3 aromatic rings. The van der Waals surface area contributed by atoms with Crippen molar-refractivity contribution >= 4 is 21.7 Å². The molecule has 0 aromatic heterocycles. The first-order valence-corrected chi connectivity index (χ1v) is 12.1. The second-order valence-electron chi connectivity index (χ2n) is 8.11. The van der Waals surface area contributed by atoms with E-state index >= 15 is 0 Å². The molecule has 0 unspecified atom stereocenters. The minimum absolute atomic E-state index is 0.0265. The molecule has 0 aliphatic carbocycles. The van der Waals surface area contributed by atoms with Crippen molar-refractivity contribution in [3.05, 3.63) is 88.5 Å². The van der Waals surface area contributed by atoms with Crippen molar-refractivity contribution in [2.24, 2.45) is 0 Å². The van der Waals surface area contributed by atoms with Crippen LogP contribution in [0.1, 0.15) is 34.2 Å². The average molecular weight is 468 g/mol. The Morgan fingerprint density at radius 2 is 1.64 bits per heavy atom. The number of phenols is 1. The van der Waals surface area contributed by atoms with E-state index in [2.05, 4.69) is 0 Å². The first kappa shape index (κ1) is 24.3. The molecule has 0 atom stereocenters. The minimum Gasteiger partial charge on any atom is -0.508 e. The molecule has 0 heterocycles. The summed E-state index contributed by atoms with van der Waals surface area (Å²) in [7, 11) is -2.65. The Bertz CT molecular complexity index is 1240. The average Bonchev–Trinajstić information content (AvgIpc) is 2.75. The Balaban J connectivity index is 2.17. The Morgan fingerprint density at radius 1 is 0.970 bits per heavy atom. The summed E-state index contributed by atoms with van der Waals surface area (Å²) in [6, 6.07) is 17.4. The molecule has 0 spiro atoms. The number of rotatable bonds is 8. The molecule has 6 nitrogen and oxygen atoms in total. The van der Waals surface area contributed by atoms with Crippen LogP contribution in [0, 0.1) is 20.8 Å². The summed E-state index contributed by atoms with van der Waals surface area (Å²) >= 11 is 0. The van der Waals surface area contributed by atoms with Crippen LogP contribution in [0.5, 0.6) is 5.75 Å². The van der Waals surface area contributed by atoms with Crippen LogP contribution >= 0.6 is 0 Å². The number of aromatic hydroxyl groups is 1. The van der Waals surface area contributed by atoms with Gasteiger partial charge in [-0.15, -0.1) is 0 Å². The van der Waals surface area contributed by atoms with Gasteiger partial charge < -0.3 is 9.84 Å². The van der Waals surface area contributed by atoms with Gasteiger partial charge in [0.2, 0.25) is 0 Å². The van der Waals surface area contributed by atoms with Crippen LogP contribution in [0.3, 0.4) is 0 Å². The fourth-order valence-electron chi connectivity index (χ4n) is 4.11. The van der Waals surface area contributed by atoms with E-state index in [1.165, 1.54) is 11.4 Å². The first-order valence-electron chi connectivity index (χ1n) is 10.7. The number of ether oxygens (including phenoxy) is 1. The van der Waals surface area contributed by atoms with Crippen molar-refractivity contribution in [3.63, 3.8) is 0 Å². The highest BCUT2D eigenvalue weighted by atomic mass is 32.2. The number of carbonyl (C=O) groups is 1. The second kappa shape index (κ2) is 10.1. The maximum absolute atomic E-state index is 14.1. The third-order valence-electron chi connectivity index (χ3n) is 5.48. The lowest BCUT2D eigenvalue weighted by molar-refractivity contribution is -0.140. The highest BCUT2D eigenvalue weighted by Crippen LogP contribution is 2.33. The number of sulfonamides is 1. The lowest BCUT2D eigenvalue weighted by atomic mass is 10.1. The molecular weight excluding hydrogens is 438 g/mol. The van der Waals surface area contributed by atoms with Crippen molar-refractivity contribution in [1.82, 2.24) is 0 Å². The molecule has 0 fully saturated rings. The molecule has 0 aliphatic heterocycles. The third-order valence-corrected chi connectivity index (χ3v) is 7.54. The van der Waals surface area contributed by atoms with Gasteiger partial charge in [-0.25, -0.2) is 8.42 Å². The number of benzene rings is 3. The van der Waals surface area contributed by atoms with Crippen molar-refractivity contribution in [2.45, 2.75) is 45.1 Å². The molecule has 3 rings (SSSR count). The van der Waals surface area contributed by atoms with Gasteiger partial charge in [0.25, 0.3) is 10.0 Å². The first-order chi connectivity index (χ1) is 15.6. The number of aryl methyl sites for hydroxylation is 4. The molecule has 0 saturated carbocycles. The SMILES string of the molecule is COC(=O)CCc1ccccc1N(Cc1cccc(O)c1)S(=O)(=O)c1c(C)cc(C)cc1C. The zero-order valence-electron chi connectivity index (χ0n) is 19.3. The smallest absolute Gasteiger partial charge is 0.305 e. The predicted octanol–water partition coefficient (Wildman–Crippen LogP) is 4.82. The summed E-state index contributed by atoms with van der Waals surface area (Å²) in [5.41, 5.74) is 4.17. The quantitative estimate of drug-likeness (QED) is 0.480. The van der Waals surface area contributed by atoms with Crippen LogP contribution in [0.25, 0.3) is 0 Å². The maximum Gasteiger partial charge on any atom is 0.305 e. The summed E-state index contributed by atoms with van der Waals surface area (Å²) in [5, 5.41) is 9.94. The van der Waals surface area contributed by atoms with Crippen LogP contribution in [-0.2, 0) is 32.5 Å². The lowest BCUT2D eigenvalue weighted by Gasteiger charge is -2.28. The van der Waals surface area contributed by atoms with Crippen molar-refractivity contribution in [2.75, 3.05) is 11.4 Å². The molecule has 174 valence electrons. The van der Waals surface area contributed by atoms with Crippen LogP contribution in [-0.4, -0.2) is 26.6 Å². The standard InChI is InChI=1S/C26H29NO5S/c1-18-14-19(2)26(20(3)15-18)33(30,31)27(17-21-8-7-10-23(28)16-21)24-11-6-5-9-22(24)12-13-25(29)32-4/h5-11,14-16,28H,12-13,17H2,1-4H3. The van der Waals surface area contributed by atoms with Crippen LogP contribution in [0.2, 0.25) is 0 Å². The number of nitrogens with zero attached hydrogens (tertiary/aromatic N) is 1. The normalized spacial score (nSPS) is 11.3. The predicted molar refractivity (Wildman–Crippen MR) is 129 cm³/mol. The number of methoxy groups -OCH3 is 1. The van der Waals surface area contributed by atoms with Crippen molar-refractivity contribution < 1.29 is 23.1 Å². The Hall–Kier alpha value is -3.32. The minimum atomic E-state index is -3.97. The number of phenolic OH excluding ortho intramolecular Hbond substituents is 1. The summed E-state index contributed by atoms with van der Waals surface area (Å²) in [6.45, 7) is 5.55. The Morgan fingerprint density at radius 3 is 2.27 bits per heavy atom. The molecule has 0 bridgehead atoms. The monoisotopic (exact) mass is 467 g/mol. The van der Waals surface area contributed by atoms with Gasteiger partial charge in [-0.2, -0.15) is 0 Å². The zero-order valence-corrected chi connectivity index (χ0v) is 20.1. The number of hydrogen-bond donors (Lipinski definition) is 1. The van der Waals surface area contributed by atoms with Gasteiger partial charge in [-0.05, 0) is 67.6 Å². The van der Waals surface area contributed by atoms with Crippen LogP contribution in [0.15, 0.2) is 65.6 Å². The van der Waals surface area contributed by atoms with E-state index < -0.39 is 10.0 Å². The largest absolute Gasteiger partial charge is 0.508 e. The summed E-state index contributed by atoms with van der Waals surface area (Å²) in [6.07, 6.45) is 0.469. The number of para-hydroxylation sites is 1. The molecule has 1 N–H and O–H groups in total. The van der Waals surface area contributed by atoms with Crippen LogP contribution in [0.4, 0.5) is 5.69 Å². The van der Waals surface area contributed by atoms with Gasteiger partial charge in [0.1, 0.15) is 5.75 Å². The highest BCUT2D eigenvalue weighted by molar-refractivity contribution is 7.93. The van der Waals surface area contributed by atoms with Crippen molar-refractivity contribution in [3.8, 4) is 5.75 Å². The zero-order chi connectivity index (χ0) is 24.2. The summed E-state index contributed by atoms with van der Waals surface area (Å²) in [5.74, 6) is -0.302. The molecular formula is C26H29NO5S. The molecule has 7 heteroatoms. The number of carbonyl (C=O) groups excluding carboxylic acids is 1. The molecule has 3 aromatic carbocycles. The summed E-state index contributed by atoms with van der Waals surface area (Å²) in [4.78, 5) is 12.0. The van der Waals surface area contributed by atoms with Gasteiger partial charge in [0.15, 0.2) is 0 Å². The van der Waals surface area contributed by atoms with E-state index in [4.69, 9.17) is 4.74 Å². The molecule has 0 amide bonds. The number of anilines is 1. The molecule has 0 aliphatic rings. The summed E-state index contributed by atoms with van der Waals surface area (Å²) < 4.78 is 34.3. The Kier molecular flexibility index (Phi) is 7.43. The topological polar surface area (TPSA) is 83.9 Å². The van der Waals surface area contributed by atoms with E-state index in [1.807, 2.05) is 31.2 Å². The van der Waals surface area contributed by atoms with E-state index in [0.717, 1.165) is 5.56 Å². The second-order valence-corrected chi connectivity index (χ2v) is 9.91. The van der Waals surface area contributed by atoms with Gasteiger partial charge in [0, 0.05) is 6.42 Å². The Labute approximate surface area is 195 Å². The van der Waals surface area contributed by atoms with E-state index in [0.29, 0.717) is 34.4 Å². The lowest BCUT2D eigenvalue weighted by Crippen LogP contribution is -2.32. The van der Waals surface area contributed by atoms with Crippen LogP contribution < -0.4 is 4.31 Å². The maximum atomic E-state index is 14.1. The third kappa shape index (κ3) is 5.54. The van der Waals surface area contributed by atoms with Gasteiger partial charge >= 0.3 is 5.97 Å². The fourth-order valence-corrected chi connectivity index (χ4v) is 6.02. The van der Waals surface area contributed by atoms with E-state index in [-0.39, 0.29) is 29.6 Å². The van der Waals surface area contributed by atoms with Gasteiger partial charge in [-0.1, -0.05) is 48.0 Å². The fraction of sp³-hybridized carbons (Fsp3) is 0.269.